The number of hydrogen-bond donors (Lipinski definition) is 0. The van der Waals surface area contributed by atoms with Crippen LogP contribution in [-0.2, 0) is 35.2 Å². The lowest BCUT2D eigenvalue weighted by Crippen LogP contribution is -2.16. The summed E-state index contributed by atoms with van der Waals surface area (Å²) in [5, 5.41) is 0. The van der Waals surface area contributed by atoms with E-state index in [0.717, 1.165) is 93.2 Å². The molecule has 5 aromatic carbocycles. The van der Waals surface area contributed by atoms with Gasteiger partial charge in [0.05, 0.1) is 39.6 Å². The lowest BCUT2D eigenvalue weighted by Gasteiger charge is -2.24. The molecule has 0 amide bonds. The lowest BCUT2D eigenvalue weighted by molar-refractivity contribution is 0.0695. The number of benzene rings is 5. The van der Waals surface area contributed by atoms with E-state index < -0.39 is 0 Å². The van der Waals surface area contributed by atoms with E-state index in [1.54, 1.807) is 0 Å². The van der Waals surface area contributed by atoms with Gasteiger partial charge in [-0.3, -0.25) is 0 Å². The fourth-order valence-corrected chi connectivity index (χ4v) is 9.15. The lowest BCUT2D eigenvalue weighted by atomic mass is 9.91. The number of rotatable bonds is 14. The normalized spacial score (nSPS) is 15.7. The van der Waals surface area contributed by atoms with Crippen molar-refractivity contribution in [3.8, 4) is 34.5 Å². The first-order chi connectivity index (χ1) is 32.6. The molecule has 0 saturated carbocycles. The Bertz CT molecular complexity index is 1990. The number of hydrogen-bond acceptors (Lipinski definition) is 8. The highest BCUT2D eigenvalue weighted by atomic mass is 16.6. The van der Waals surface area contributed by atoms with E-state index in [1.807, 2.05) is 24.3 Å². The Hall–Kier alpha value is -5.18. The molecule has 0 fully saturated rings. The molecule has 0 spiro atoms. The van der Waals surface area contributed by atoms with Gasteiger partial charge in [0.25, 0.3) is 0 Å². The summed E-state index contributed by atoms with van der Waals surface area (Å²) in [5.41, 5.74) is 9.02. The molecule has 0 saturated heterocycles. The summed E-state index contributed by atoms with van der Waals surface area (Å²) in [5.74, 6) is 6.01. The van der Waals surface area contributed by atoms with E-state index in [4.69, 9.17) is 37.9 Å². The molecule has 354 valence electrons. The monoisotopic (exact) mass is 899 g/mol. The fourth-order valence-electron chi connectivity index (χ4n) is 9.15. The van der Waals surface area contributed by atoms with Crippen LogP contribution in [-0.4, -0.2) is 66.1 Å². The van der Waals surface area contributed by atoms with Gasteiger partial charge in [0.1, 0.15) is 49.4 Å². The maximum absolute atomic E-state index is 7.06. The standard InChI is InChI=1S/C58H74O8/c1-5-9-17-43(7-3)41-65-57-49-23-15-24-50(57)38-46-20-14-22-48-40-52-26-16-25-51(58(52)66-42-44(8-4)18-10-6-2)39-47-21-13-19-45(37-49)55(47)63-35-31-59-29-33-61-53-27-11-12-28-54(53)62-34-30-60-32-36-64-56(46)48/h11-16,19-28,43-44H,5-10,17-18,29-42H2,1-4H3/t43-,44?/m1/s1. The largest absolute Gasteiger partial charge is 0.493 e. The summed E-state index contributed by atoms with van der Waals surface area (Å²) < 4.78 is 52.3. The van der Waals surface area contributed by atoms with Crippen LogP contribution in [0.15, 0.2) is 97.1 Å². The SMILES string of the molecule is CCCCC(CC)COc1c2cccc1Cc1cccc3c1OCCOCCOc1ccccc1OCCOCCOc1c(cccc1Cc1cccc(c1OC[C@H](CC)CCCC)C3)C2. The molecule has 0 aromatic heterocycles. The third-order valence-electron chi connectivity index (χ3n) is 13.0. The molecule has 66 heavy (non-hydrogen) atoms. The van der Waals surface area contributed by atoms with Crippen molar-refractivity contribution in [2.45, 2.75) is 105 Å². The Morgan fingerprint density at radius 2 is 0.727 bits per heavy atom. The first-order valence-electron chi connectivity index (χ1n) is 25.0. The highest BCUT2D eigenvalue weighted by Gasteiger charge is 2.23. The summed E-state index contributed by atoms with van der Waals surface area (Å²) in [6, 6.07) is 34.2. The predicted octanol–water partition coefficient (Wildman–Crippen LogP) is 12.8. The minimum Gasteiger partial charge on any atom is -0.493 e. The van der Waals surface area contributed by atoms with Crippen LogP contribution in [0.25, 0.3) is 0 Å². The number of fused-ring (bicyclic) bond motifs is 12. The molecule has 1 unspecified atom stereocenters. The van der Waals surface area contributed by atoms with Crippen molar-refractivity contribution in [1.29, 1.82) is 0 Å². The minimum absolute atomic E-state index is 0.381. The molecule has 10 bridgehead atoms. The van der Waals surface area contributed by atoms with Gasteiger partial charge in [-0.15, -0.1) is 0 Å². The zero-order valence-corrected chi connectivity index (χ0v) is 40.2. The summed E-state index contributed by atoms with van der Waals surface area (Å²) in [6.07, 6.45) is 11.8. The van der Waals surface area contributed by atoms with Gasteiger partial charge in [0.2, 0.25) is 0 Å². The number of unbranched alkanes of at least 4 members (excludes halogenated alkanes) is 2. The molecule has 8 nitrogen and oxygen atoms in total. The third kappa shape index (κ3) is 13.7. The zero-order valence-electron chi connectivity index (χ0n) is 40.2. The van der Waals surface area contributed by atoms with E-state index in [2.05, 4.69) is 100 Å². The second-order valence-electron chi connectivity index (χ2n) is 17.8. The summed E-state index contributed by atoms with van der Waals surface area (Å²) in [4.78, 5) is 0. The maximum Gasteiger partial charge on any atom is 0.161 e. The van der Waals surface area contributed by atoms with Crippen molar-refractivity contribution in [2.75, 3.05) is 66.1 Å². The first kappa shape index (κ1) is 48.7. The summed E-state index contributed by atoms with van der Waals surface area (Å²) in [7, 11) is 0. The average Bonchev–Trinajstić information content (AvgIpc) is 3.33. The molecule has 8 heteroatoms. The molecule has 5 aromatic rings. The van der Waals surface area contributed by atoms with Crippen LogP contribution in [0.1, 0.15) is 124 Å². The molecule has 8 rings (SSSR count). The van der Waals surface area contributed by atoms with Crippen LogP contribution in [0.2, 0.25) is 0 Å². The second-order valence-corrected chi connectivity index (χ2v) is 17.8. The van der Waals surface area contributed by atoms with Gasteiger partial charge in [-0.1, -0.05) is 151 Å². The number of para-hydroxylation sites is 6. The Morgan fingerprint density at radius 1 is 0.394 bits per heavy atom. The summed E-state index contributed by atoms with van der Waals surface area (Å²) >= 11 is 0. The van der Waals surface area contributed by atoms with Crippen LogP contribution in [0.5, 0.6) is 34.5 Å². The van der Waals surface area contributed by atoms with Crippen molar-refractivity contribution in [2.24, 2.45) is 11.8 Å². The maximum atomic E-state index is 7.06. The quantitative estimate of drug-likeness (QED) is 0.100. The van der Waals surface area contributed by atoms with E-state index in [9.17, 15) is 0 Å². The van der Waals surface area contributed by atoms with Crippen molar-refractivity contribution in [1.82, 2.24) is 0 Å². The van der Waals surface area contributed by atoms with Gasteiger partial charge in [0.15, 0.2) is 11.5 Å². The second kappa shape index (κ2) is 26.2. The fraction of sp³-hybridized carbons (Fsp3) is 0.483. The highest BCUT2D eigenvalue weighted by molar-refractivity contribution is 5.56. The third-order valence-corrected chi connectivity index (χ3v) is 13.0. The molecule has 2 heterocycles. The van der Waals surface area contributed by atoms with Crippen molar-refractivity contribution in [3.05, 3.63) is 142 Å². The molecule has 3 aliphatic rings. The van der Waals surface area contributed by atoms with Crippen molar-refractivity contribution in [3.63, 3.8) is 0 Å². The zero-order chi connectivity index (χ0) is 45.8. The summed E-state index contributed by atoms with van der Waals surface area (Å²) in [6.45, 7) is 13.6. The Kier molecular flexibility index (Phi) is 19.4. The molecule has 2 aliphatic heterocycles. The van der Waals surface area contributed by atoms with Crippen LogP contribution >= 0.6 is 0 Å². The van der Waals surface area contributed by atoms with Crippen molar-refractivity contribution < 1.29 is 37.9 Å². The smallest absolute Gasteiger partial charge is 0.161 e. The van der Waals surface area contributed by atoms with Crippen LogP contribution in [0, 0.1) is 11.8 Å². The van der Waals surface area contributed by atoms with E-state index in [0.29, 0.717) is 115 Å². The van der Waals surface area contributed by atoms with Gasteiger partial charge in [0, 0.05) is 25.7 Å². The van der Waals surface area contributed by atoms with Gasteiger partial charge in [-0.2, -0.15) is 0 Å². The van der Waals surface area contributed by atoms with Gasteiger partial charge < -0.3 is 37.9 Å². The average molecular weight is 899 g/mol. The Labute approximate surface area is 395 Å². The van der Waals surface area contributed by atoms with Crippen LogP contribution in [0.4, 0.5) is 0 Å². The topological polar surface area (TPSA) is 73.8 Å². The van der Waals surface area contributed by atoms with Crippen LogP contribution < -0.4 is 28.4 Å². The highest BCUT2D eigenvalue weighted by Crippen LogP contribution is 2.39. The van der Waals surface area contributed by atoms with Crippen LogP contribution in [0.3, 0.4) is 0 Å². The molecular weight excluding hydrogens is 825 g/mol. The molecule has 2 atom stereocenters. The molecule has 0 radical (unpaired) electrons. The van der Waals surface area contributed by atoms with Gasteiger partial charge >= 0.3 is 0 Å². The predicted molar refractivity (Wildman–Crippen MR) is 265 cm³/mol. The van der Waals surface area contributed by atoms with E-state index in [1.165, 1.54) is 25.7 Å². The van der Waals surface area contributed by atoms with Gasteiger partial charge in [-0.05, 0) is 81.3 Å². The molecule has 0 N–H and O–H groups in total. The van der Waals surface area contributed by atoms with E-state index in [-0.39, 0.29) is 0 Å². The van der Waals surface area contributed by atoms with Gasteiger partial charge in [-0.25, -0.2) is 0 Å². The number of ether oxygens (including phenoxy) is 8. The Morgan fingerprint density at radius 3 is 1.06 bits per heavy atom. The van der Waals surface area contributed by atoms with E-state index >= 15 is 0 Å². The molecule has 1 aliphatic carbocycles. The first-order valence-corrected chi connectivity index (χ1v) is 25.0. The molecular formula is C58H74O8. The Balaban J connectivity index is 1.33. The minimum atomic E-state index is 0.381. The van der Waals surface area contributed by atoms with Crippen molar-refractivity contribution >= 4 is 0 Å².